The Morgan fingerprint density at radius 3 is 2.54 bits per heavy atom. The number of nitrogens with zero attached hydrogens (tertiary/aromatic N) is 2. The van der Waals surface area contributed by atoms with E-state index in [-0.39, 0.29) is 5.91 Å². The van der Waals surface area contributed by atoms with Crippen molar-refractivity contribution in [1.82, 2.24) is 4.57 Å². The number of benzene rings is 2. The summed E-state index contributed by atoms with van der Waals surface area (Å²) in [5, 5.41) is 0. The fourth-order valence-electron chi connectivity index (χ4n) is 2.69. The highest BCUT2D eigenvalue weighted by atomic mass is 32.2. The standard InChI is InChI=1S/C20H22N2O2S2/c1-13-11-17-18(12-14(13)2)26-20(22(17)9-10-25-4)21-19(23)15-5-7-16(24-3)8-6-15/h5-8,11-12H,9-10H2,1-4H3. The molecule has 0 bridgehead atoms. The number of aryl methyl sites for hydroxylation is 3. The predicted octanol–water partition coefficient (Wildman–Crippen LogP) is 4.43. The molecular weight excluding hydrogens is 364 g/mol. The van der Waals surface area contributed by atoms with Crippen molar-refractivity contribution in [1.29, 1.82) is 0 Å². The van der Waals surface area contributed by atoms with Gasteiger partial charge in [0.05, 0.1) is 17.3 Å². The summed E-state index contributed by atoms with van der Waals surface area (Å²) in [5.41, 5.74) is 4.21. The van der Waals surface area contributed by atoms with Gasteiger partial charge < -0.3 is 9.30 Å². The normalized spacial score (nSPS) is 11.9. The largest absolute Gasteiger partial charge is 0.497 e. The van der Waals surface area contributed by atoms with Gasteiger partial charge >= 0.3 is 0 Å². The molecule has 0 atom stereocenters. The zero-order valence-corrected chi connectivity index (χ0v) is 17.0. The average Bonchev–Trinajstić information content (AvgIpc) is 2.96. The van der Waals surface area contributed by atoms with Gasteiger partial charge in [0.15, 0.2) is 4.80 Å². The van der Waals surface area contributed by atoms with Crippen LogP contribution in [0.15, 0.2) is 41.4 Å². The molecule has 1 aromatic heterocycles. The molecule has 0 radical (unpaired) electrons. The maximum Gasteiger partial charge on any atom is 0.279 e. The van der Waals surface area contributed by atoms with Gasteiger partial charge in [-0.15, -0.1) is 0 Å². The van der Waals surface area contributed by atoms with E-state index in [0.29, 0.717) is 5.56 Å². The molecule has 4 nitrogen and oxygen atoms in total. The Bertz CT molecular complexity index is 1000. The monoisotopic (exact) mass is 386 g/mol. The van der Waals surface area contributed by atoms with Crippen molar-refractivity contribution in [3.05, 3.63) is 57.9 Å². The van der Waals surface area contributed by atoms with Crippen molar-refractivity contribution >= 4 is 39.2 Å². The first-order valence-corrected chi connectivity index (χ1v) is 10.6. The minimum atomic E-state index is -0.231. The highest BCUT2D eigenvalue weighted by Gasteiger charge is 2.11. The number of amides is 1. The van der Waals surface area contributed by atoms with Gasteiger partial charge in [0.25, 0.3) is 5.91 Å². The minimum Gasteiger partial charge on any atom is -0.497 e. The number of hydrogen-bond donors (Lipinski definition) is 0. The maximum atomic E-state index is 12.6. The van der Waals surface area contributed by atoms with Crippen LogP contribution in [0.2, 0.25) is 0 Å². The molecule has 3 rings (SSSR count). The molecule has 136 valence electrons. The zero-order valence-electron chi connectivity index (χ0n) is 15.4. The summed E-state index contributed by atoms with van der Waals surface area (Å²) >= 11 is 3.36. The average molecular weight is 387 g/mol. The number of hydrogen-bond acceptors (Lipinski definition) is 4. The van der Waals surface area contributed by atoms with Gasteiger partial charge in [-0.1, -0.05) is 11.3 Å². The molecule has 0 saturated carbocycles. The molecule has 2 aromatic carbocycles. The van der Waals surface area contributed by atoms with Crippen LogP contribution in [0.5, 0.6) is 5.75 Å². The van der Waals surface area contributed by atoms with Crippen LogP contribution in [0, 0.1) is 13.8 Å². The minimum absolute atomic E-state index is 0.231. The van der Waals surface area contributed by atoms with E-state index in [2.05, 4.69) is 41.8 Å². The molecule has 0 saturated heterocycles. The Kier molecular flexibility index (Phi) is 5.84. The number of carbonyl (C=O) groups is 1. The lowest BCUT2D eigenvalue weighted by Crippen LogP contribution is -2.18. The van der Waals surface area contributed by atoms with Crippen LogP contribution >= 0.6 is 23.1 Å². The molecule has 6 heteroatoms. The quantitative estimate of drug-likeness (QED) is 0.651. The summed E-state index contributed by atoms with van der Waals surface area (Å²) in [6, 6.07) is 11.4. The molecule has 26 heavy (non-hydrogen) atoms. The molecular formula is C20H22N2O2S2. The summed E-state index contributed by atoms with van der Waals surface area (Å²) in [6.07, 6.45) is 2.09. The van der Waals surface area contributed by atoms with Crippen molar-refractivity contribution in [3.63, 3.8) is 0 Å². The van der Waals surface area contributed by atoms with Gasteiger partial charge in [-0.2, -0.15) is 16.8 Å². The predicted molar refractivity (Wildman–Crippen MR) is 111 cm³/mol. The summed E-state index contributed by atoms with van der Waals surface area (Å²) in [6.45, 7) is 5.06. The van der Waals surface area contributed by atoms with E-state index in [1.165, 1.54) is 11.1 Å². The van der Waals surface area contributed by atoms with Crippen molar-refractivity contribution in [2.24, 2.45) is 4.99 Å². The van der Waals surface area contributed by atoms with Crippen molar-refractivity contribution in [2.75, 3.05) is 19.1 Å². The van der Waals surface area contributed by atoms with E-state index in [4.69, 9.17) is 4.74 Å². The Morgan fingerprint density at radius 2 is 1.88 bits per heavy atom. The number of aromatic nitrogens is 1. The van der Waals surface area contributed by atoms with Crippen molar-refractivity contribution < 1.29 is 9.53 Å². The number of rotatable bonds is 5. The molecule has 1 amide bonds. The Labute approximate surface area is 161 Å². The van der Waals surface area contributed by atoms with E-state index in [1.807, 2.05) is 0 Å². The van der Waals surface area contributed by atoms with Crippen LogP contribution in [0.3, 0.4) is 0 Å². The van der Waals surface area contributed by atoms with Gasteiger partial charge in [0, 0.05) is 17.9 Å². The second-order valence-electron chi connectivity index (χ2n) is 6.08. The van der Waals surface area contributed by atoms with Gasteiger partial charge in [-0.3, -0.25) is 4.79 Å². The maximum absolute atomic E-state index is 12.6. The van der Waals surface area contributed by atoms with Gasteiger partial charge in [0.2, 0.25) is 0 Å². The topological polar surface area (TPSA) is 43.6 Å². The number of fused-ring (bicyclic) bond motifs is 1. The van der Waals surface area contributed by atoms with Crippen LogP contribution < -0.4 is 9.54 Å². The van der Waals surface area contributed by atoms with Gasteiger partial charge in [0.1, 0.15) is 5.75 Å². The number of carbonyl (C=O) groups excluding carboxylic acids is 1. The molecule has 0 fully saturated rings. The van der Waals surface area contributed by atoms with Gasteiger partial charge in [-0.25, -0.2) is 0 Å². The van der Waals surface area contributed by atoms with Crippen LogP contribution in [0.1, 0.15) is 21.5 Å². The molecule has 3 aromatic rings. The van der Waals surface area contributed by atoms with Crippen LogP contribution in [-0.2, 0) is 6.54 Å². The van der Waals surface area contributed by atoms with Crippen molar-refractivity contribution in [3.8, 4) is 5.75 Å². The molecule has 0 unspecified atom stereocenters. The second-order valence-corrected chi connectivity index (χ2v) is 8.07. The smallest absolute Gasteiger partial charge is 0.279 e. The fourth-order valence-corrected chi connectivity index (χ4v) is 4.19. The van der Waals surface area contributed by atoms with Gasteiger partial charge in [-0.05, 0) is 67.6 Å². The lowest BCUT2D eigenvalue weighted by molar-refractivity contribution is 0.0998. The molecule has 0 N–H and O–H groups in total. The fraction of sp³-hybridized carbons (Fsp3) is 0.300. The second kappa shape index (κ2) is 8.10. The molecule has 1 heterocycles. The van der Waals surface area contributed by atoms with E-state index in [9.17, 15) is 4.79 Å². The SMILES string of the molecule is COc1ccc(C(=O)N=c2sc3cc(C)c(C)cc3n2CCSC)cc1. The summed E-state index contributed by atoms with van der Waals surface area (Å²) in [4.78, 5) is 17.8. The third-order valence-corrected chi connectivity index (χ3v) is 5.98. The van der Waals surface area contributed by atoms with Crippen molar-refractivity contribution in [2.45, 2.75) is 20.4 Å². The lowest BCUT2D eigenvalue weighted by Gasteiger charge is -2.06. The van der Waals surface area contributed by atoms with E-state index < -0.39 is 0 Å². The Balaban J connectivity index is 2.09. The molecule has 0 aliphatic rings. The zero-order chi connectivity index (χ0) is 18.7. The Hall–Kier alpha value is -2.05. The van der Waals surface area contributed by atoms with E-state index in [1.54, 1.807) is 54.5 Å². The third-order valence-electron chi connectivity index (χ3n) is 4.35. The Morgan fingerprint density at radius 1 is 1.19 bits per heavy atom. The molecule has 0 aliphatic heterocycles. The first-order chi connectivity index (χ1) is 12.5. The number of ether oxygens (including phenoxy) is 1. The highest BCUT2D eigenvalue weighted by molar-refractivity contribution is 7.98. The lowest BCUT2D eigenvalue weighted by atomic mass is 10.1. The first kappa shape index (κ1) is 18.7. The molecule has 0 spiro atoms. The third kappa shape index (κ3) is 3.86. The first-order valence-electron chi connectivity index (χ1n) is 8.36. The van der Waals surface area contributed by atoms with E-state index >= 15 is 0 Å². The van der Waals surface area contributed by atoms with E-state index in [0.717, 1.165) is 33.1 Å². The van der Waals surface area contributed by atoms with Crippen LogP contribution in [-0.4, -0.2) is 29.6 Å². The number of thioether (sulfide) groups is 1. The highest BCUT2D eigenvalue weighted by Crippen LogP contribution is 2.22. The van der Waals surface area contributed by atoms with Crippen LogP contribution in [0.4, 0.5) is 0 Å². The summed E-state index contributed by atoms with van der Waals surface area (Å²) < 4.78 is 8.47. The van der Waals surface area contributed by atoms with Crippen LogP contribution in [0.25, 0.3) is 10.2 Å². The summed E-state index contributed by atoms with van der Waals surface area (Å²) in [5.74, 6) is 1.47. The summed E-state index contributed by atoms with van der Waals surface area (Å²) in [7, 11) is 1.61. The number of thiazole rings is 1. The number of methoxy groups -OCH3 is 1. The molecule has 0 aliphatic carbocycles.